The Hall–Kier alpha value is -1.35. The van der Waals surface area contributed by atoms with Crippen LogP contribution in [0.5, 0.6) is 0 Å². The van der Waals surface area contributed by atoms with Crippen molar-refractivity contribution in [3.05, 3.63) is 29.6 Å². The van der Waals surface area contributed by atoms with Crippen LogP contribution in [0.1, 0.15) is 30.7 Å². The van der Waals surface area contributed by atoms with Crippen LogP contribution in [0.2, 0.25) is 0 Å². The molecule has 3 nitrogen and oxygen atoms in total. The van der Waals surface area contributed by atoms with Gasteiger partial charge in [-0.05, 0) is 37.8 Å². The Kier molecular flexibility index (Phi) is 2.26. The molecule has 1 saturated carbocycles. The van der Waals surface area contributed by atoms with Gasteiger partial charge in [-0.15, -0.1) is 0 Å². The van der Waals surface area contributed by atoms with Crippen molar-refractivity contribution in [3.8, 4) is 0 Å². The molecule has 3 rings (SSSR count). The maximum absolute atomic E-state index is 6.31. The Morgan fingerprint density at radius 2 is 2.18 bits per heavy atom. The summed E-state index contributed by atoms with van der Waals surface area (Å²) in [5, 5.41) is 0. The second kappa shape index (κ2) is 3.57. The molecule has 0 amide bonds. The van der Waals surface area contributed by atoms with Crippen LogP contribution in [0, 0.1) is 6.92 Å². The quantitative estimate of drug-likeness (QED) is 0.858. The van der Waals surface area contributed by atoms with Gasteiger partial charge in [-0.2, -0.15) is 0 Å². The van der Waals surface area contributed by atoms with Crippen LogP contribution >= 0.6 is 0 Å². The first-order chi connectivity index (χ1) is 8.09. The molecular formula is C14H19N3. The van der Waals surface area contributed by atoms with E-state index in [4.69, 9.17) is 10.7 Å². The SMILES string of the molecule is Cc1cccc2nc(CC3(N)CCC3)n(C)c12. The Balaban J connectivity index is 2.05. The first-order valence-electron chi connectivity index (χ1n) is 6.29. The molecule has 17 heavy (non-hydrogen) atoms. The topological polar surface area (TPSA) is 43.8 Å². The Bertz CT molecular complexity index is 564. The van der Waals surface area contributed by atoms with E-state index in [1.807, 2.05) is 0 Å². The van der Waals surface area contributed by atoms with Gasteiger partial charge in [0.1, 0.15) is 5.82 Å². The minimum absolute atomic E-state index is 0.00302. The van der Waals surface area contributed by atoms with Gasteiger partial charge in [-0.1, -0.05) is 12.1 Å². The molecule has 0 unspecified atom stereocenters. The number of rotatable bonds is 2. The minimum atomic E-state index is 0.00302. The maximum atomic E-state index is 6.31. The average molecular weight is 229 g/mol. The molecule has 2 aromatic rings. The Labute approximate surface area is 102 Å². The van der Waals surface area contributed by atoms with Crippen LogP contribution in [-0.4, -0.2) is 15.1 Å². The van der Waals surface area contributed by atoms with Gasteiger partial charge < -0.3 is 10.3 Å². The molecule has 1 aliphatic carbocycles. The van der Waals surface area contributed by atoms with Gasteiger partial charge in [-0.25, -0.2) is 4.98 Å². The lowest BCUT2D eigenvalue weighted by Crippen LogP contribution is -2.48. The van der Waals surface area contributed by atoms with E-state index in [0.29, 0.717) is 0 Å². The van der Waals surface area contributed by atoms with Crippen molar-refractivity contribution in [1.82, 2.24) is 9.55 Å². The van der Waals surface area contributed by atoms with Crippen molar-refractivity contribution in [2.45, 2.75) is 38.1 Å². The van der Waals surface area contributed by atoms with Gasteiger partial charge in [0, 0.05) is 19.0 Å². The predicted molar refractivity (Wildman–Crippen MR) is 69.9 cm³/mol. The third-order valence-corrected chi connectivity index (χ3v) is 4.05. The number of nitrogens with zero attached hydrogens (tertiary/aromatic N) is 2. The molecular weight excluding hydrogens is 210 g/mol. The zero-order chi connectivity index (χ0) is 12.0. The summed E-state index contributed by atoms with van der Waals surface area (Å²) in [7, 11) is 2.10. The Morgan fingerprint density at radius 1 is 1.41 bits per heavy atom. The fourth-order valence-electron chi connectivity index (χ4n) is 2.79. The molecule has 0 saturated heterocycles. The second-order valence-electron chi connectivity index (χ2n) is 5.42. The van der Waals surface area contributed by atoms with E-state index in [1.165, 1.54) is 17.5 Å². The van der Waals surface area contributed by atoms with E-state index in [1.54, 1.807) is 0 Å². The standard InChI is InChI=1S/C14H19N3/c1-10-5-3-6-11-13(10)17(2)12(16-11)9-14(15)7-4-8-14/h3,5-6H,4,7-9,15H2,1-2H3. The summed E-state index contributed by atoms with van der Waals surface area (Å²) in [5.41, 5.74) is 9.92. The molecule has 0 bridgehead atoms. The molecule has 90 valence electrons. The van der Waals surface area contributed by atoms with Crippen molar-refractivity contribution >= 4 is 11.0 Å². The van der Waals surface area contributed by atoms with E-state index < -0.39 is 0 Å². The summed E-state index contributed by atoms with van der Waals surface area (Å²) < 4.78 is 2.21. The summed E-state index contributed by atoms with van der Waals surface area (Å²) in [5.74, 6) is 1.12. The van der Waals surface area contributed by atoms with Gasteiger partial charge in [0.05, 0.1) is 11.0 Å². The molecule has 0 radical (unpaired) electrons. The monoisotopic (exact) mass is 229 g/mol. The zero-order valence-electron chi connectivity index (χ0n) is 10.5. The molecule has 1 aromatic carbocycles. The molecule has 1 heterocycles. The molecule has 1 aliphatic rings. The largest absolute Gasteiger partial charge is 0.331 e. The number of hydrogen-bond acceptors (Lipinski definition) is 2. The smallest absolute Gasteiger partial charge is 0.111 e. The highest BCUT2D eigenvalue weighted by atomic mass is 15.1. The van der Waals surface area contributed by atoms with Crippen molar-refractivity contribution in [1.29, 1.82) is 0 Å². The van der Waals surface area contributed by atoms with E-state index >= 15 is 0 Å². The van der Waals surface area contributed by atoms with Crippen molar-refractivity contribution in [2.75, 3.05) is 0 Å². The summed E-state index contributed by atoms with van der Waals surface area (Å²) >= 11 is 0. The number of aryl methyl sites for hydroxylation is 2. The normalized spacial score (nSPS) is 18.3. The van der Waals surface area contributed by atoms with Crippen LogP contribution in [0.4, 0.5) is 0 Å². The number of fused-ring (bicyclic) bond motifs is 1. The van der Waals surface area contributed by atoms with Gasteiger partial charge in [0.25, 0.3) is 0 Å². The highest BCUT2D eigenvalue weighted by molar-refractivity contribution is 5.79. The fraction of sp³-hybridized carbons (Fsp3) is 0.500. The number of hydrogen-bond donors (Lipinski definition) is 1. The highest BCUT2D eigenvalue weighted by Crippen LogP contribution is 2.33. The molecule has 0 atom stereocenters. The first-order valence-corrected chi connectivity index (χ1v) is 6.29. The Morgan fingerprint density at radius 3 is 2.76 bits per heavy atom. The van der Waals surface area contributed by atoms with Crippen molar-refractivity contribution in [2.24, 2.45) is 12.8 Å². The minimum Gasteiger partial charge on any atom is -0.331 e. The summed E-state index contributed by atoms with van der Waals surface area (Å²) in [6.07, 6.45) is 4.43. The highest BCUT2D eigenvalue weighted by Gasteiger charge is 2.34. The molecule has 3 heteroatoms. The third kappa shape index (κ3) is 1.65. The van der Waals surface area contributed by atoms with Crippen LogP contribution in [0.25, 0.3) is 11.0 Å². The zero-order valence-corrected chi connectivity index (χ0v) is 10.5. The number of benzene rings is 1. The lowest BCUT2D eigenvalue weighted by molar-refractivity contribution is 0.242. The van der Waals surface area contributed by atoms with Crippen LogP contribution in [0.3, 0.4) is 0 Å². The second-order valence-corrected chi connectivity index (χ2v) is 5.42. The molecule has 0 aliphatic heterocycles. The molecule has 1 aromatic heterocycles. The van der Waals surface area contributed by atoms with Gasteiger partial charge in [0.15, 0.2) is 0 Å². The lowest BCUT2D eigenvalue weighted by atomic mass is 9.75. The number of nitrogens with two attached hydrogens (primary N) is 1. The van der Waals surface area contributed by atoms with Gasteiger partial charge >= 0.3 is 0 Å². The van der Waals surface area contributed by atoms with Crippen molar-refractivity contribution < 1.29 is 0 Å². The van der Waals surface area contributed by atoms with E-state index in [9.17, 15) is 0 Å². The van der Waals surface area contributed by atoms with E-state index in [-0.39, 0.29) is 5.54 Å². The third-order valence-electron chi connectivity index (χ3n) is 4.05. The summed E-state index contributed by atoms with van der Waals surface area (Å²) in [6.45, 7) is 2.13. The van der Waals surface area contributed by atoms with Gasteiger partial charge in [0.2, 0.25) is 0 Å². The molecule has 2 N–H and O–H groups in total. The number of aromatic nitrogens is 2. The van der Waals surface area contributed by atoms with E-state index in [2.05, 4.69) is 36.7 Å². The summed E-state index contributed by atoms with van der Waals surface area (Å²) in [4.78, 5) is 4.72. The van der Waals surface area contributed by atoms with Crippen molar-refractivity contribution in [3.63, 3.8) is 0 Å². The fourth-order valence-corrected chi connectivity index (χ4v) is 2.79. The van der Waals surface area contributed by atoms with E-state index in [0.717, 1.165) is 30.6 Å². The van der Waals surface area contributed by atoms with Gasteiger partial charge in [-0.3, -0.25) is 0 Å². The number of para-hydroxylation sites is 1. The molecule has 1 fully saturated rings. The average Bonchev–Trinajstić information content (AvgIpc) is 2.55. The summed E-state index contributed by atoms with van der Waals surface area (Å²) in [6, 6.07) is 6.28. The van der Waals surface area contributed by atoms with Crippen LogP contribution < -0.4 is 5.73 Å². The molecule has 0 spiro atoms. The first kappa shape index (κ1) is 10.8. The predicted octanol–water partition coefficient (Wildman–Crippen LogP) is 2.31. The number of imidazole rings is 1. The van der Waals surface area contributed by atoms with Crippen LogP contribution in [0.15, 0.2) is 18.2 Å². The lowest BCUT2D eigenvalue weighted by Gasteiger charge is -2.37. The maximum Gasteiger partial charge on any atom is 0.111 e. The van der Waals surface area contributed by atoms with Crippen LogP contribution in [-0.2, 0) is 13.5 Å².